The second-order valence-electron chi connectivity index (χ2n) is 5.30. The topological polar surface area (TPSA) is 63.4 Å². The van der Waals surface area contributed by atoms with Gasteiger partial charge in [-0.2, -0.15) is 4.31 Å². The van der Waals surface area contributed by atoms with Gasteiger partial charge < -0.3 is 5.73 Å². The molecular weight excluding hydrogens is 292 g/mol. The van der Waals surface area contributed by atoms with Crippen molar-refractivity contribution in [3.63, 3.8) is 0 Å². The molecule has 0 aliphatic heterocycles. The van der Waals surface area contributed by atoms with Gasteiger partial charge in [0.15, 0.2) is 0 Å². The molecule has 0 unspecified atom stereocenters. The molecule has 1 aromatic rings. The van der Waals surface area contributed by atoms with E-state index in [9.17, 15) is 8.42 Å². The highest BCUT2D eigenvalue weighted by Crippen LogP contribution is 2.27. The van der Waals surface area contributed by atoms with Gasteiger partial charge in [-0.1, -0.05) is 31.1 Å². The first-order chi connectivity index (χ1) is 9.34. The van der Waals surface area contributed by atoms with Crippen LogP contribution in [0.3, 0.4) is 0 Å². The van der Waals surface area contributed by atoms with E-state index in [2.05, 4.69) is 0 Å². The maximum Gasteiger partial charge on any atom is 0.243 e. The molecule has 0 heterocycles. The predicted octanol–water partition coefficient (Wildman–Crippen LogP) is 2.19. The molecule has 1 fully saturated rings. The van der Waals surface area contributed by atoms with E-state index in [4.69, 9.17) is 18.0 Å². The first-order valence-corrected chi connectivity index (χ1v) is 8.57. The molecule has 2 N–H and O–H groups in total. The third-order valence-corrected chi connectivity index (χ3v) is 6.11. The Labute approximate surface area is 126 Å². The third kappa shape index (κ3) is 2.87. The summed E-state index contributed by atoms with van der Waals surface area (Å²) in [7, 11) is -1.77. The van der Waals surface area contributed by atoms with Crippen molar-refractivity contribution in [1.82, 2.24) is 4.31 Å². The molecule has 0 spiro atoms. The van der Waals surface area contributed by atoms with Crippen molar-refractivity contribution in [3.05, 3.63) is 29.3 Å². The van der Waals surface area contributed by atoms with E-state index in [0.717, 1.165) is 36.8 Å². The van der Waals surface area contributed by atoms with Crippen LogP contribution in [-0.2, 0) is 10.0 Å². The molecule has 1 aliphatic carbocycles. The monoisotopic (exact) mass is 312 g/mol. The van der Waals surface area contributed by atoms with E-state index in [1.807, 2.05) is 6.92 Å². The minimum absolute atomic E-state index is 0.121. The lowest BCUT2D eigenvalue weighted by Gasteiger charge is -2.24. The number of benzene rings is 1. The van der Waals surface area contributed by atoms with Crippen LogP contribution in [0.25, 0.3) is 0 Å². The fraction of sp³-hybridized carbons (Fsp3) is 0.500. The highest BCUT2D eigenvalue weighted by Gasteiger charge is 2.30. The molecule has 0 aromatic heterocycles. The van der Waals surface area contributed by atoms with Crippen molar-refractivity contribution in [2.45, 2.75) is 43.5 Å². The summed E-state index contributed by atoms with van der Waals surface area (Å²) in [6, 6.07) is 5.04. The Kier molecular flexibility index (Phi) is 4.46. The molecule has 2 rings (SSSR count). The van der Waals surface area contributed by atoms with E-state index < -0.39 is 10.0 Å². The van der Waals surface area contributed by atoms with Gasteiger partial charge in [0.05, 0.1) is 4.90 Å². The molecule has 1 aliphatic rings. The van der Waals surface area contributed by atoms with Crippen molar-refractivity contribution in [2.75, 3.05) is 7.05 Å². The maximum atomic E-state index is 12.6. The van der Waals surface area contributed by atoms with E-state index in [0.29, 0.717) is 4.90 Å². The summed E-state index contributed by atoms with van der Waals surface area (Å²) in [4.78, 5) is 0.597. The van der Waals surface area contributed by atoms with Crippen LogP contribution in [0.4, 0.5) is 0 Å². The summed E-state index contributed by atoms with van der Waals surface area (Å²) in [6.07, 6.45) is 4.09. The fourth-order valence-electron chi connectivity index (χ4n) is 2.70. The largest absolute Gasteiger partial charge is 0.389 e. The van der Waals surface area contributed by atoms with Gasteiger partial charge >= 0.3 is 0 Å². The molecule has 1 aromatic carbocycles. The molecule has 4 nitrogen and oxygen atoms in total. The maximum absolute atomic E-state index is 12.6. The minimum atomic E-state index is -3.44. The van der Waals surface area contributed by atoms with Gasteiger partial charge in [-0.15, -0.1) is 0 Å². The van der Waals surface area contributed by atoms with E-state index in [1.54, 1.807) is 25.2 Å². The Morgan fingerprint density at radius 2 is 1.95 bits per heavy atom. The van der Waals surface area contributed by atoms with Crippen LogP contribution in [-0.4, -0.2) is 30.8 Å². The second-order valence-corrected chi connectivity index (χ2v) is 7.74. The minimum Gasteiger partial charge on any atom is -0.389 e. The number of sulfonamides is 1. The van der Waals surface area contributed by atoms with Crippen LogP contribution in [0.1, 0.15) is 36.8 Å². The lowest BCUT2D eigenvalue weighted by molar-refractivity contribution is 0.373. The first-order valence-electron chi connectivity index (χ1n) is 6.72. The number of rotatable bonds is 4. The average Bonchev–Trinajstić information content (AvgIpc) is 2.90. The van der Waals surface area contributed by atoms with Gasteiger partial charge in [0.1, 0.15) is 4.99 Å². The number of aryl methyl sites for hydroxylation is 1. The Morgan fingerprint density at radius 1 is 1.35 bits per heavy atom. The zero-order valence-electron chi connectivity index (χ0n) is 11.8. The van der Waals surface area contributed by atoms with Crippen LogP contribution >= 0.6 is 12.2 Å². The van der Waals surface area contributed by atoms with Crippen molar-refractivity contribution in [2.24, 2.45) is 5.73 Å². The fourth-order valence-corrected chi connectivity index (χ4v) is 4.43. The lowest BCUT2D eigenvalue weighted by atomic mass is 10.1. The lowest BCUT2D eigenvalue weighted by Crippen LogP contribution is -2.35. The number of hydrogen-bond acceptors (Lipinski definition) is 3. The van der Waals surface area contributed by atoms with Crippen molar-refractivity contribution < 1.29 is 8.42 Å². The Morgan fingerprint density at radius 3 is 2.45 bits per heavy atom. The SMILES string of the molecule is Cc1cc(S(=O)(=O)N(C)C2CCCC2)ccc1C(N)=S. The van der Waals surface area contributed by atoms with Crippen molar-refractivity contribution in [1.29, 1.82) is 0 Å². The van der Waals surface area contributed by atoms with Gasteiger partial charge in [0, 0.05) is 18.7 Å². The molecular formula is C14H20N2O2S2. The summed E-state index contributed by atoms with van der Waals surface area (Å²) < 4.78 is 26.7. The molecule has 0 amide bonds. The van der Waals surface area contributed by atoms with Gasteiger partial charge in [-0.05, 0) is 37.5 Å². The van der Waals surface area contributed by atoms with Crippen LogP contribution in [0, 0.1) is 6.92 Å². The highest BCUT2D eigenvalue weighted by molar-refractivity contribution is 7.89. The van der Waals surface area contributed by atoms with Gasteiger partial charge in [-0.3, -0.25) is 0 Å². The third-order valence-electron chi connectivity index (χ3n) is 3.98. The number of hydrogen-bond donors (Lipinski definition) is 1. The molecule has 0 radical (unpaired) electrons. The van der Waals surface area contributed by atoms with Gasteiger partial charge in [0.25, 0.3) is 0 Å². The van der Waals surface area contributed by atoms with Crippen molar-refractivity contribution in [3.8, 4) is 0 Å². The zero-order valence-corrected chi connectivity index (χ0v) is 13.4. The Hall–Kier alpha value is -0.980. The van der Waals surface area contributed by atoms with Crippen LogP contribution in [0.2, 0.25) is 0 Å². The summed E-state index contributed by atoms with van der Waals surface area (Å²) >= 11 is 4.94. The summed E-state index contributed by atoms with van der Waals surface area (Å²) in [5.74, 6) is 0. The van der Waals surface area contributed by atoms with Gasteiger partial charge in [-0.25, -0.2) is 8.42 Å². The summed E-state index contributed by atoms with van der Waals surface area (Å²) in [5.41, 5.74) is 7.12. The molecule has 110 valence electrons. The standard InChI is InChI=1S/C14H20N2O2S2/c1-10-9-12(7-8-13(10)14(15)19)20(17,18)16(2)11-5-3-4-6-11/h7-9,11H,3-6H2,1-2H3,(H2,15,19). The molecule has 0 saturated heterocycles. The van der Waals surface area contributed by atoms with Crippen LogP contribution in [0.15, 0.2) is 23.1 Å². The Bertz CT molecular complexity index is 620. The predicted molar refractivity (Wildman–Crippen MR) is 84.3 cm³/mol. The first kappa shape index (κ1) is 15.4. The van der Waals surface area contributed by atoms with Gasteiger partial charge in [0.2, 0.25) is 10.0 Å². The quantitative estimate of drug-likeness (QED) is 0.866. The second kappa shape index (κ2) is 5.79. The zero-order chi connectivity index (χ0) is 14.9. The van der Waals surface area contributed by atoms with E-state index in [-0.39, 0.29) is 11.0 Å². The molecule has 1 saturated carbocycles. The number of thiocarbonyl (C=S) groups is 1. The van der Waals surface area contributed by atoms with Crippen LogP contribution in [0.5, 0.6) is 0 Å². The van der Waals surface area contributed by atoms with E-state index in [1.165, 1.54) is 4.31 Å². The van der Waals surface area contributed by atoms with Crippen LogP contribution < -0.4 is 5.73 Å². The van der Waals surface area contributed by atoms with Crippen molar-refractivity contribution >= 4 is 27.2 Å². The molecule has 6 heteroatoms. The molecule has 20 heavy (non-hydrogen) atoms. The smallest absolute Gasteiger partial charge is 0.243 e. The number of nitrogens with zero attached hydrogens (tertiary/aromatic N) is 1. The average molecular weight is 312 g/mol. The molecule has 0 atom stereocenters. The normalized spacial score (nSPS) is 16.8. The highest BCUT2D eigenvalue weighted by atomic mass is 32.2. The Balaban J connectivity index is 2.34. The number of nitrogens with two attached hydrogens (primary N) is 1. The summed E-state index contributed by atoms with van der Waals surface area (Å²) in [5, 5.41) is 0. The van der Waals surface area contributed by atoms with E-state index >= 15 is 0 Å². The molecule has 0 bridgehead atoms. The summed E-state index contributed by atoms with van der Waals surface area (Å²) in [6.45, 7) is 1.82.